The van der Waals surface area contributed by atoms with Crippen LogP contribution in [-0.2, 0) is 12.8 Å². The summed E-state index contributed by atoms with van der Waals surface area (Å²) in [6.07, 6.45) is 5.23. The third kappa shape index (κ3) is 1.99. The van der Waals surface area contributed by atoms with Crippen LogP contribution in [0.15, 0.2) is 42.6 Å². The Bertz CT molecular complexity index is 548. The van der Waals surface area contributed by atoms with Crippen molar-refractivity contribution < 1.29 is 0 Å². The first-order chi connectivity index (χ1) is 8.88. The van der Waals surface area contributed by atoms with E-state index in [9.17, 15) is 0 Å². The summed E-state index contributed by atoms with van der Waals surface area (Å²) >= 11 is 0. The quantitative estimate of drug-likeness (QED) is 0.881. The normalized spacial score (nSPS) is 17.5. The maximum absolute atomic E-state index is 4.53. The number of aryl methyl sites for hydroxylation is 2. The molecule has 0 spiro atoms. The van der Waals surface area contributed by atoms with Crippen LogP contribution in [0.3, 0.4) is 0 Å². The van der Waals surface area contributed by atoms with Gasteiger partial charge in [0.15, 0.2) is 0 Å². The van der Waals surface area contributed by atoms with Crippen molar-refractivity contribution in [2.24, 2.45) is 0 Å². The summed E-state index contributed by atoms with van der Waals surface area (Å²) in [5.41, 5.74) is 5.25. The minimum atomic E-state index is 0.369. The van der Waals surface area contributed by atoms with Gasteiger partial charge >= 0.3 is 0 Å². The summed E-state index contributed by atoms with van der Waals surface area (Å²) < 4.78 is 0. The molecule has 1 unspecified atom stereocenters. The molecule has 1 N–H and O–H groups in total. The highest BCUT2D eigenvalue weighted by atomic mass is 15.0. The Kier molecular flexibility index (Phi) is 3.01. The lowest BCUT2D eigenvalue weighted by molar-refractivity contribution is 0.744. The topological polar surface area (TPSA) is 24.9 Å². The second kappa shape index (κ2) is 4.81. The lowest BCUT2D eigenvalue weighted by Gasteiger charge is -2.17. The Morgan fingerprint density at radius 2 is 2.11 bits per heavy atom. The Balaban J connectivity index is 1.86. The highest BCUT2D eigenvalue weighted by molar-refractivity contribution is 5.53. The average Bonchev–Trinajstić information content (AvgIpc) is 2.83. The van der Waals surface area contributed by atoms with Gasteiger partial charge in [0.05, 0.1) is 11.7 Å². The Hall–Kier alpha value is -1.83. The van der Waals surface area contributed by atoms with Crippen LogP contribution in [0.5, 0.6) is 0 Å². The molecule has 2 aromatic rings. The van der Waals surface area contributed by atoms with Crippen LogP contribution >= 0.6 is 0 Å². The number of hydrogen-bond donors (Lipinski definition) is 1. The van der Waals surface area contributed by atoms with Crippen LogP contribution in [0.2, 0.25) is 0 Å². The maximum Gasteiger partial charge on any atom is 0.0691 e. The van der Waals surface area contributed by atoms with Gasteiger partial charge in [-0.1, -0.05) is 31.2 Å². The van der Waals surface area contributed by atoms with Crippen molar-refractivity contribution in [2.75, 3.05) is 5.32 Å². The predicted molar refractivity (Wildman–Crippen MR) is 74.7 cm³/mol. The number of rotatable bonds is 3. The van der Waals surface area contributed by atoms with Gasteiger partial charge in [0, 0.05) is 11.9 Å². The molecule has 1 aromatic heterocycles. The van der Waals surface area contributed by atoms with Crippen LogP contribution in [0.4, 0.5) is 5.69 Å². The molecular weight excluding hydrogens is 220 g/mol. The second-order valence-corrected chi connectivity index (χ2v) is 4.79. The number of nitrogens with one attached hydrogen (secondary N) is 1. The van der Waals surface area contributed by atoms with Crippen molar-refractivity contribution in [3.05, 3.63) is 59.4 Å². The lowest BCUT2D eigenvalue weighted by Crippen LogP contribution is -2.10. The fourth-order valence-corrected chi connectivity index (χ4v) is 2.71. The van der Waals surface area contributed by atoms with Crippen LogP contribution < -0.4 is 5.32 Å². The second-order valence-electron chi connectivity index (χ2n) is 4.79. The first-order valence-electron chi connectivity index (χ1n) is 6.66. The van der Waals surface area contributed by atoms with Crippen LogP contribution in [0, 0.1) is 0 Å². The van der Waals surface area contributed by atoms with Gasteiger partial charge in [-0.3, -0.25) is 4.98 Å². The van der Waals surface area contributed by atoms with Crippen molar-refractivity contribution in [3.63, 3.8) is 0 Å². The van der Waals surface area contributed by atoms with Crippen molar-refractivity contribution in [1.29, 1.82) is 0 Å². The highest BCUT2D eigenvalue weighted by Crippen LogP contribution is 2.32. The summed E-state index contributed by atoms with van der Waals surface area (Å²) in [4.78, 5) is 4.53. The van der Waals surface area contributed by atoms with Crippen molar-refractivity contribution in [3.8, 4) is 0 Å². The molecular formula is C16H18N2. The molecule has 2 heteroatoms. The van der Waals surface area contributed by atoms with E-state index in [1.807, 2.05) is 12.3 Å². The molecule has 1 aromatic carbocycles. The van der Waals surface area contributed by atoms with Gasteiger partial charge in [-0.15, -0.1) is 0 Å². The summed E-state index contributed by atoms with van der Waals surface area (Å²) in [6.45, 7) is 2.20. The maximum atomic E-state index is 4.53. The van der Waals surface area contributed by atoms with Gasteiger partial charge < -0.3 is 5.32 Å². The molecule has 0 radical (unpaired) electrons. The zero-order chi connectivity index (χ0) is 12.4. The molecule has 0 bridgehead atoms. The molecule has 92 valence electrons. The Morgan fingerprint density at radius 1 is 1.22 bits per heavy atom. The molecule has 1 heterocycles. The summed E-state index contributed by atoms with van der Waals surface area (Å²) in [6, 6.07) is 13.1. The van der Waals surface area contributed by atoms with Gasteiger partial charge in [-0.2, -0.15) is 0 Å². The highest BCUT2D eigenvalue weighted by Gasteiger charge is 2.23. The van der Waals surface area contributed by atoms with Gasteiger partial charge in [-0.05, 0) is 42.5 Å². The number of aromatic nitrogens is 1. The molecule has 2 nitrogen and oxygen atoms in total. The molecule has 1 aliphatic carbocycles. The predicted octanol–water partition coefficient (Wildman–Crippen LogP) is 3.74. The first kappa shape index (κ1) is 11.3. The number of pyridine rings is 1. The largest absolute Gasteiger partial charge is 0.376 e. The van der Waals surface area contributed by atoms with E-state index in [-0.39, 0.29) is 0 Å². The summed E-state index contributed by atoms with van der Waals surface area (Å²) in [7, 11) is 0. The standard InChI is InChI=1S/C16H18N2/c1-2-12-6-3-4-8-14(12)18-15-10-9-13-7-5-11-17-16(13)15/h3-8,11,15,18H,2,9-10H2,1H3. The molecule has 0 amide bonds. The Morgan fingerprint density at radius 3 is 3.00 bits per heavy atom. The number of hydrogen-bond acceptors (Lipinski definition) is 2. The lowest BCUT2D eigenvalue weighted by atomic mass is 10.1. The number of fused-ring (bicyclic) bond motifs is 1. The monoisotopic (exact) mass is 238 g/mol. The minimum absolute atomic E-state index is 0.369. The summed E-state index contributed by atoms with van der Waals surface area (Å²) in [5.74, 6) is 0. The fourth-order valence-electron chi connectivity index (χ4n) is 2.71. The number of nitrogens with zero attached hydrogens (tertiary/aromatic N) is 1. The van der Waals surface area contributed by atoms with Crippen molar-refractivity contribution in [2.45, 2.75) is 32.2 Å². The molecule has 0 saturated heterocycles. The van der Waals surface area contributed by atoms with E-state index in [0.29, 0.717) is 6.04 Å². The van der Waals surface area contributed by atoms with Crippen LogP contribution in [-0.4, -0.2) is 4.98 Å². The van der Waals surface area contributed by atoms with Crippen molar-refractivity contribution >= 4 is 5.69 Å². The van der Waals surface area contributed by atoms with E-state index in [0.717, 1.165) is 19.3 Å². The van der Waals surface area contributed by atoms with E-state index in [1.165, 1.54) is 22.5 Å². The minimum Gasteiger partial charge on any atom is -0.376 e. The molecule has 0 saturated carbocycles. The number of benzene rings is 1. The van der Waals surface area contributed by atoms with Crippen molar-refractivity contribution in [1.82, 2.24) is 4.98 Å². The van der Waals surface area contributed by atoms with Crippen LogP contribution in [0.1, 0.15) is 36.2 Å². The van der Waals surface area contributed by atoms with Gasteiger partial charge in [0.25, 0.3) is 0 Å². The van der Waals surface area contributed by atoms with E-state index in [1.54, 1.807) is 0 Å². The molecule has 1 aliphatic rings. The van der Waals surface area contributed by atoms with E-state index >= 15 is 0 Å². The van der Waals surface area contributed by atoms with E-state index in [4.69, 9.17) is 0 Å². The molecule has 1 atom stereocenters. The van der Waals surface area contributed by atoms with Gasteiger partial charge in [0.2, 0.25) is 0 Å². The summed E-state index contributed by atoms with van der Waals surface area (Å²) in [5, 5.41) is 3.65. The zero-order valence-electron chi connectivity index (χ0n) is 10.7. The molecule has 3 rings (SSSR count). The van der Waals surface area contributed by atoms with Gasteiger partial charge in [-0.25, -0.2) is 0 Å². The van der Waals surface area contributed by atoms with E-state index in [2.05, 4.69) is 47.6 Å². The number of anilines is 1. The molecule has 0 fully saturated rings. The fraction of sp³-hybridized carbons (Fsp3) is 0.312. The first-order valence-corrected chi connectivity index (χ1v) is 6.66. The molecule has 0 aliphatic heterocycles. The smallest absolute Gasteiger partial charge is 0.0691 e. The Labute approximate surface area is 108 Å². The third-order valence-corrected chi connectivity index (χ3v) is 3.69. The third-order valence-electron chi connectivity index (χ3n) is 3.69. The van der Waals surface area contributed by atoms with Gasteiger partial charge in [0.1, 0.15) is 0 Å². The van der Waals surface area contributed by atoms with Crippen LogP contribution in [0.25, 0.3) is 0 Å². The number of para-hydroxylation sites is 1. The zero-order valence-corrected chi connectivity index (χ0v) is 10.7. The molecule has 18 heavy (non-hydrogen) atoms. The van der Waals surface area contributed by atoms with E-state index < -0.39 is 0 Å². The SMILES string of the molecule is CCc1ccccc1NC1CCc2cccnc21. The average molecular weight is 238 g/mol.